The molecule has 1 aromatic carbocycles. The molecule has 2 saturated carbocycles. The lowest BCUT2D eigenvalue weighted by Crippen LogP contribution is -2.79. The Bertz CT molecular complexity index is 1360. The zero-order chi connectivity index (χ0) is 33.5. The lowest BCUT2D eigenvalue weighted by Gasteiger charge is -2.63. The smallest absolute Gasteiger partial charge is 0.338 e. The van der Waals surface area contributed by atoms with Crippen molar-refractivity contribution in [3.63, 3.8) is 0 Å². The molecule has 1 heterocycles. The molecule has 246 valence electrons. The van der Waals surface area contributed by atoms with Crippen LogP contribution in [0.2, 0.25) is 0 Å². The Morgan fingerprint density at radius 3 is 1.80 bits per heavy atom. The number of hydrogen-bond acceptors (Lipinski definition) is 13. The van der Waals surface area contributed by atoms with Gasteiger partial charge in [0.2, 0.25) is 0 Å². The Morgan fingerprint density at radius 2 is 1.27 bits per heavy atom. The molecule has 1 spiro atoms. The van der Waals surface area contributed by atoms with E-state index in [-0.39, 0.29) is 18.6 Å². The second-order valence-electron chi connectivity index (χ2n) is 12.5. The summed E-state index contributed by atoms with van der Waals surface area (Å²) in [5.74, 6) is -6.06. The van der Waals surface area contributed by atoms with Gasteiger partial charge in [-0.3, -0.25) is 24.0 Å². The van der Waals surface area contributed by atoms with Gasteiger partial charge in [-0.1, -0.05) is 18.2 Å². The van der Waals surface area contributed by atoms with Crippen LogP contribution in [0.5, 0.6) is 0 Å². The highest BCUT2D eigenvalue weighted by molar-refractivity contribution is 5.89. The number of benzene rings is 1. The first-order valence-corrected chi connectivity index (χ1v) is 14.7. The van der Waals surface area contributed by atoms with Gasteiger partial charge in [0.25, 0.3) is 0 Å². The molecule has 13 nitrogen and oxygen atoms in total. The van der Waals surface area contributed by atoms with Crippen LogP contribution in [0.3, 0.4) is 0 Å². The number of rotatable bonds is 8. The molecule has 9 atom stereocenters. The average Bonchev–Trinajstić information content (AvgIpc) is 3.12. The number of esters is 6. The Hall–Kier alpha value is -4.00. The highest BCUT2D eigenvalue weighted by atomic mass is 16.6. The maximum Gasteiger partial charge on any atom is 0.338 e. The normalized spacial score (nSPS) is 34.4. The van der Waals surface area contributed by atoms with Gasteiger partial charge in [-0.2, -0.15) is 0 Å². The fourth-order valence-corrected chi connectivity index (χ4v) is 7.76. The van der Waals surface area contributed by atoms with Crippen molar-refractivity contribution in [2.24, 2.45) is 17.3 Å². The van der Waals surface area contributed by atoms with Gasteiger partial charge < -0.3 is 33.2 Å². The van der Waals surface area contributed by atoms with Gasteiger partial charge in [0.15, 0.2) is 12.2 Å². The van der Waals surface area contributed by atoms with Gasteiger partial charge in [0.05, 0.1) is 29.1 Å². The molecular weight excluding hydrogens is 592 g/mol. The molecule has 0 unspecified atom stereocenters. The SMILES string of the molecule is CC(=O)OC[C@H]1C[C@@H](OC(C)=O)[C@@H](OC(C)=O)[C@@]2(C)[C@H](OC(=O)c3ccccc3)[C@@H](OC(C)=O)[C@@H]3[C@H](OC(C)=O)[C@]12OC3(C)C. The fraction of sp³-hybridized carbons (Fsp3) is 0.625. The first-order valence-electron chi connectivity index (χ1n) is 14.7. The summed E-state index contributed by atoms with van der Waals surface area (Å²) < 4.78 is 42.2. The van der Waals surface area contributed by atoms with Crippen molar-refractivity contribution in [1.82, 2.24) is 0 Å². The van der Waals surface area contributed by atoms with Crippen molar-refractivity contribution in [3.8, 4) is 0 Å². The third-order valence-electron chi connectivity index (χ3n) is 9.06. The molecule has 2 aliphatic carbocycles. The molecule has 1 saturated heterocycles. The summed E-state index contributed by atoms with van der Waals surface area (Å²) in [7, 11) is 0. The summed E-state index contributed by atoms with van der Waals surface area (Å²) in [4.78, 5) is 76.3. The van der Waals surface area contributed by atoms with E-state index in [9.17, 15) is 28.8 Å². The molecular formula is C32H40O13. The van der Waals surface area contributed by atoms with Crippen LogP contribution in [-0.4, -0.2) is 84.1 Å². The van der Waals surface area contributed by atoms with Gasteiger partial charge in [0.1, 0.15) is 23.9 Å². The van der Waals surface area contributed by atoms with Crippen molar-refractivity contribution in [2.45, 2.75) is 104 Å². The van der Waals surface area contributed by atoms with Crippen LogP contribution in [0.15, 0.2) is 30.3 Å². The summed E-state index contributed by atoms with van der Waals surface area (Å²) in [5, 5.41) is 0. The molecule has 1 aliphatic heterocycles. The van der Waals surface area contributed by atoms with Gasteiger partial charge in [-0.25, -0.2) is 4.79 Å². The molecule has 4 rings (SSSR count). The van der Waals surface area contributed by atoms with Crippen molar-refractivity contribution in [2.75, 3.05) is 6.61 Å². The number of ether oxygens (including phenoxy) is 7. The van der Waals surface area contributed by atoms with Crippen molar-refractivity contribution in [3.05, 3.63) is 35.9 Å². The van der Waals surface area contributed by atoms with Crippen molar-refractivity contribution < 1.29 is 61.9 Å². The maximum absolute atomic E-state index is 13.7. The minimum Gasteiger partial charge on any atom is -0.465 e. The fourth-order valence-electron chi connectivity index (χ4n) is 7.76. The van der Waals surface area contributed by atoms with E-state index in [4.69, 9.17) is 33.2 Å². The van der Waals surface area contributed by atoms with E-state index < -0.39 is 94.8 Å². The van der Waals surface area contributed by atoms with E-state index in [1.165, 1.54) is 39.8 Å². The molecule has 45 heavy (non-hydrogen) atoms. The summed E-state index contributed by atoms with van der Waals surface area (Å²) >= 11 is 0. The second-order valence-corrected chi connectivity index (χ2v) is 12.5. The molecule has 0 N–H and O–H groups in total. The van der Waals surface area contributed by atoms with Crippen LogP contribution in [0.25, 0.3) is 0 Å². The van der Waals surface area contributed by atoms with Gasteiger partial charge in [-0.05, 0) is 39.3 Å². The van der Waals surface area contributed by atoms with Crippen LogP contribution < -0.4 is 0 Å². The minimum atomic E-state index is -1.75. The first kappa shape index (κ1) is 33.9. The van der Waals surface area contributed by atoms with Gasteiger partial charge >= 0.3 is 35.8 Å². The summed E-state index contributed by atoms with van der Waals surface area (Å²) in [6.07, 6.45) is -6.53. The van der Waals surface area contributed by atoms with Gasteiger partial charge in [-0.15, -0.1) is 0 Å². The summed E-state index contributed by atoms with van der Waals surface area (Å²) in [6.45, 7) is 10.7. The Morgan fingerprint density at radius 1 is 0.711 bits per heavy atom. The van der Waals surface area contributed by atoms with E-state index >= 15 is 0 Å². The lowest BCUT2D eigenvalue weighted by molar-refractivity contribution is -0.320. The van der Waals surface area contributed by atoms with E-state index in [0.717, 1.165) is 6.92 Å². The van der Waals surface area contributed by atoms with Crippen LogP contribution in [0.1, 0.15) is 72.2 Å². The number of carbonyl (C=O) groups is 6. The Labute approximate surface area is 261 Å². The molecule has 3 fully saturated rings. The topological polar surface area (TPSA) is 167 Å². The maximum atomic E-state index is 13.7. The van der Waals surface area contributed by atoms with Gasteiger partial charge in [0, 0.05) is 40.5 Å². The van der Waals surface area contributed by atoms with Crippen LogP contribution in [0, 0.1) is 17.3 Å². The quantitative estimate of drug-likeness (QED) is 0.303. The molecule has 1 aromatic rings. The first-order chi connectivity index (χ1) is 20.9. The zero-order valence-electron chi connectivity index (χ0n) is 26.6. The number of fused-ring (bicyclic) bond motifs is 1. The Balaban J connectivity index is 2.07. The Kier molecular flexibility index (Phi) is 9.35. The number of carbonyl (C=O) groups excluding carboxylic acids is 6. The number of hydrogen-bond donors (Lipinski definition) is 0. The van der Waals surface area contributed by atoms with E-state index in [1.807, 2.05) is 0 Å². The van der Waals surface area contributed by atoms with Crippen molar-refractivity contribution >= 4 is 35.8 Å². The van der Waals surface area contributed by atoms with Crippen LogP contribution in [0.4, 0.5) is 0 Å². The molecule has 0 amide bonds. The largest absolute Gasteiger partial charge is 0.465 e. The molecule has 3 aliphatic rings. The lowest BCUT2D eigenvalue weighted by atomic mass is 9.47. The van der Waals surface area contributed by atoms with E-state index in [1.54, 1.807) is 39.0 Å². The van der Waals surface area contributed by atoms with Crippen LogP contribution >= 0.6 is 0 Å². The minimum absolute atomic E-state index is 0.0570. The second kappa shape index (κ2) is 12.4. The highest BCUT2D eigenvalue weighted by Crippen LogP contribution is 2.68. The summed E-state index contributed by atoms with van der Waals surface area (Å²) in [6, 6.07) is 8.08. The van der Waals surface area contributed by atoms with E-state index in [2.05, 4.69) is 0 Å². The molecule has 0 aromatic heterocycles. The van der Waals surface area contributed by atoms with E-state index in [0.29, 0.717) is 0 Å². The third-order valence-corrected chi connectivity index (χ3v) is 9.06. The standard InChI is InChI=1S/C32H40O13/c1-16(33)39-15-22-14-23(40-17(2)34)26(42-19(4)36)31(8)28(44-29(38)21-12-10-9-11-13-21)25(41-18(3)35)24-27(43-20(5)37)32(22,31)45-30(24,6)7/h9-13,22-28H,14-15H2,1-8H3/t22-,23-,24-,25+,26-,27+,28-,31+,32-/m1/s1. The predicted octanol–water partition coefficient (Wildman–Crippen LogP) is 2.71. The average molecular weight is 633 g/mol. The zero-order valence-corrected chi connectivity index (χ0v) is 26.6. The third kappa shape index (κ3) is 6.01. The monoisotopic (exact) mass is 632 g/mol. The molecule has 0 radical (unpaired) electrons. The molecule has 13 heteroatoms. The summed E-state index contributed by atoms with van der Waals surface area (Å²) in [5.41, 5.74) is -4.49. The predicted molar refractivity (Wildman–Crippen MR) is 152 cm³/mol. The highest BCUT2D eigenvalue weighted by Gasteiger charge is 2.84. The molecule has 2 bridgehead atoms. The van der Waals surface area contributed by atoms with Crippen LogP contribution in [-0.2, 0) is 57.1 Å². The van der Waals surface area contributed by atoms with Crippen molar-refractivity contribution in [1.29, 1.82) is 0 Å².